The van der Waals surface area contributed by atoms with Crippen LogP contribution in [0.25, 0.3) is 0 Å². The first kappa shape index (κ1) is 13.1. The molecule has 3 heteroatoms. The Morgan fingerprint density at radius 3 is 2.67 bits per heavy atom. The molecular weight excluding hydrogens is 224 g/mol. The molecule has 0 unspecified atom stereocenters. The van der Waals surface area contributed by atoms with Gasteiger partial charge in [-0.25, -0.2) is 0 Å². The van der Waals surface area contributed by atoms with Crippen molar-refractivity contribution in [2.75, 3.05) is 24.3 Å². The first-order chi connectivity index (χ1) is 8.63. The summed E-state index contributed by atoms with van der Waals surface area (Å²) < 4.78 is 5.31. The fourth-order valence-electron chi connectivity index (χ4n) is 2.24. The standard InChI is InChI=1S/C15H24N2O/c1-11(2)9-10-17(12-7-8-12)13-5-4-6-14(18-3)15(13)16/h4-6,11-12H,7-10,16H2,1-3H3. The van der Waals surface area contributed by atoms with Crippen LogP contribution in [0.5, 0.6) is 5.75 Å². The Kier molecular flexibility index (Phi) is 4.00. The number of methoxy groups -OCH3 is 1. The van der Waals surface area contributed by atoms with Crippen LogP contribution >= 0.6 is 0 Å². The van der Waals surface area contributed by atoms with E-state index in [1.165, 1.54) is 19.3 Å². The first-order valence-corrected chi connectivity index (χ1v) is 6.82. The number of benzene rings is 1. The van der Waals surface area contributed by atoms with E-state index in [4.69, 9.17) is 10.5 Å². The Balaban J connectivity index is 2.19. The SMILES string of the molecule is COc1cccc(N(CCC(C)C)C2CC2)c1N. The predicted molar refractivity (Wildman–Crippen MR) is 77.2 cm³/mol. The second-order valence-electron chi connectivity index (χ2n) is 5.50. The van der Waals surface area contributed by atoms with E-state index < -0.39 is 0 Å². The molecule has 0 atom stereocenters. The van der Waals surface area contributed by atoms with Crippen LogP contribution in [0.15, 0.2) is 18.2 Å². The quantitative estimate of drug-likeness (QED) is 0.785. The second-order valence-corrected chi connectivity index (χ2v) is 5.50. The third-order valence-corrected chi connectivity index (χ3v) is 3.51. The highest BCUT2D eigenvalue weighted by atomic mass is 16.5. The number of nitrogens with zero attached hydrogens (tertiary/aromatic N) is 1. The maximum absolute atomic E-state index is 6.20. The number of hydrogen-bond acceptors (Lipinski definition) is 3. The van der Waals surface area contributed by atoms with Gasteiger partial charge < -0.3 is 15.4 Å². The summed E-state index contributed by atoms with van der Waals surface area (Å²) in [4.78, 5) is 2.46. The van der Waals surface area contributed by atoms with Crippen LogP contribution in [0.4, 0.5) is 11.4 Å². The Hall–Kier alpha value is -1.38. The first-order valence-electron chi connectivity index (χ1n) is 6.82. The highest BCUT2D eigenvalue weighted by Gasteiger charge is 2.30. The van der Waals surface area contributed by atoms with Crippen LogP contribution in [0.1, 0.15) is 33.1 Å². The third kappa shape index (κ3) is 2.89. The van der Waals surface area contributed by atoms with Gasteiger partial charge in [-0.15, -0.1) is 0 Å². The Labute approximate surface area is 110 Å². The normalized spacial score (nSPS) is 14.9. The minimum absolute atomic E-state index is 0.679. The summed E-state index contributed by atoms with van der Waals surface area (Å²) in [5, 5.41) is 0. The van der Waals surface area contributed by atoms with Gasteiger partial charge in [-0.3, -0.25) is 0 Å². The molecule has 1 fully saturated rings. The summed E-state index contributed by atoms with van der Waals surface area (Å²) in [7, 11) is 1.67. The smallest absolute Gasteiger partial charge is 0.143 e. The zero-order valence-corrected chi connectivity index (χ0v) is 11.6. The van der Waals surface area contributed by atoms with Crippen molar-refractivity contribution < 1.29 is 4.74 Å². The van der Waals surface area contributed by atoms with Crippen LogP contribution in [0.2, 0.25) is 0 Å². The number of nitrogens with two attached hydrogens (primary N) is 1. The number of nitrogen functional groups attached to an aromatic ring is 1. The van der Waals surface area contributed by atoms with Crippen LogP contribution in [-0.2, 0) is 0 Å². The van der Waals surface area contributed by atoms with E-state index >= 15 is 0 Å². The largest absolute Gasteiger partial charge is 0.495 e. The van der Waals surface area contributed by atoms with Gasteiger partial charge >= 0.3 is 0 Å². The summed E-state index contributed by atoms with van der Waals surface area (Å²) in [6.45, 7) is 5.61. The minimum atomic E-state index is 0.679. The predicted octanol–water partition coefficient (Wildman–Crippen LogP) is 3.29. The second kappa shape index (κ2) is 5.51. The Morgan fingerprint density at radius 1 is 1.39 bits per heavy atom. The van der Waals surface area contributed by atoms with Crippen molar-refractivity contribution in [2.24, 2.45) is 5.92 Å². The fourth-order valence-corrected chi connectivity index (χ4v) is 2.24. The van der Waals surface area contributed by atoms with E-state index in [-0.39, 0.29) is 0 Å². The number of hydrogen-bond donors (Lipinski definition) is 1. The summed E-state index contributed by atoms with van der Waals surface area (Å²) in [6, 6.07) is 6.73. The van der Waals surface area contributed by atoms with E-state index in [2.05, 4.69) is 24.8 Å². The average molecular weight is 248 g/mol. The van der Waals surface area contributed by atoms with E-state index in [9.17, 15) is 0 Å². The molecule has 0 radical (unpaired) electrons. The van der Waals surface area contributed by atoms with Crippen molar-refractivity contribution >= 4 is 11.4 Å². The fraction of sp³-hybridized carbons (Fsp3) is 0.600. The number of rotatable bonds is 6. The van der Waals surface area contributed by atoms with Gasteiger partial charge in [-0.1, -0.05) is 19.9 Å². The molecule has 0 aromatic heterocycles. The highest BCUT2D eigenvalue weighted by Crippen LogP contribution is 2.38. The third-order valence-electron chi connectivity index (χ3n) is 3.51. The van der Waals surface area contributed by atoms with Gasteiger partial charge in [-0.2, -0.15) is 0 Å². The molecule has 2 N–H and O–H groups in total. The molecule has 0 spiro atoms. The number of anilines is 2. The maximum Gasteiger partial charge on any atom is 0.143 e. The lowest BCUT2D eigenvalue weighted by molar-refractivity contribution is 0.417. The summed E-state index contributed by atoms with van der Waals surface area (Å²) in [6.07, 6.45) is 3.77. The summed E-state index contributed by atoms with van der Waals surface area (Å²) in [5.74, 6) is 1.50. The van der Waals surface area contributed by atoms with Gasteiger partial charge in [0.15, 0.2) is 0 Å². The summed E-state index contributed by atoms with van der Waals surface area (Å²) >= 11 is 0. The van der Waals surface area contributed by atoms with E-state index in [1.54, 1.807) is 7.11 Å². The molecular formula is C15H24N2O. The van der Waals surface area contributed by atoms with Crippen molar-refractivity contribution in [3.63, 3.8) is 0 Å². The van der Waals surface area contributed by atoms with Crippen LogP contribution in [0, 0.1) is 5.92 Å². The highest BCUT2D eigenvalue weighted by molar-refractivity contribution is 5.74. The molecule has 18 heavy (non-hydrogen) atoms. The van der Waals surface area contributed by atoms with Crippen molar-refractivity contribution in [1.29, 1.82) is 0 Å². The average Bonchev–Trinajstić information content (AvgIpc) is 3.15. The van der Waals surface area contributed by atoms with Crippen molar-refractivity contribution in [1.82, 2.24) is 0 Å². The van der Waals surface area contributed by atoms with Crippen LogP contribution < -0.4 is 15.4 Å². The zero-order valence-electron chi connectivity index (χ0n) is 11.6. The molecule has 3 nitrogen and oxygen atoms in total. The molecule has 0 saturated heterocycles. The van der Waals surface area contributed by atoms with Crippen molar-refractivity contribution in [3.05, 3.63) is 18.2 Å². The molecule has 0 bridgehead atoms. The lowest BCUT2D eigenvalue weighted by Gasteiger charge is -2.27. The molecule has 1 aliphatic rings. The van der Waals surface area contributed by atoms with Gasteiger partial charge in [0.1, 0.15) is 5.75 Å². The van der Waals surface area contributed by atoms with E-state index in [1.807, 2.05) is 12.1 Å². The molecule has 2 rings (SSSR count). The van der Waals surface area contributed by atoms with Gasteiger partial charge in [-0.05, 0) is 37.3 Å². The summed E-state index contributed by atoms with van der Waals surface area (Å²) in [5.41, 5.74) is 8.11. The van der Waals surface area contributed by atoms with Crippen LogP contribution in [-0.4, -0.2) is 19.7 Å². The van der Waals surface area contributed by atoms with E-state index in [0.717, 1.165) is 29.6 Å². The maximum atomic E-state index is 6.20. The van der Waals surface area contributed by atoms with E-state index in [0.29, 0.717) is 6.04 Å². The van der Waals surface area contributed by atoms with Gasteiger partial charge in [0.25, 0.3) is 0 Å². The lowest BCUT2D eigenvalue weighted by atomic mass is 10.1. The van der Waals surface area contributed by atoms with Gasteiger partial charge in [0.05, 0.1) is 18.5 Å². The lowest BCUT2D eigenvalue weighted by Crippen LogP contribution is -2.28. The topological polar surface area (TPSA) is 38.5 Å². The zero-order chi connectivity index (χ0) is 13.1. The minimum Gasteiger partial charge on any atom is -0.495 e. The number of para-hydroxylation sites is 1. The molecule has 0 amide bonds. The Morgan fingerprint density at radius 2 is 2.11 bits per heavy atom. The van der Waals surface area contributed by atoms with Gasteiger partial charge in [0, 0.05) is 12.6 Å². The molecule has 100 valence electrons. The molecule has 1 aromatic rings. The molecule has 0 heterocycles. The van der Waals surface area contributed by atoms with Crippen LogP contribution in [0.3, 0.4) is 0 Å². The van der Waals surface area contributed by atoms with Crippen molar-refractivity contribution in [2.45, 2.75) is 39.2 Å². The molecule has 0 aliphatic heterocycles. The number of ether oxygens (including phenoxy) is 1. The van der Waals surface area contributed by atoms with Gasteiger partial charge in [0.2, 0.25) is 0 Å². The molecule has 1 saturated carbocycles. The van der Waals surface area contributed by atoms with Crippen molar-refractivity contribution in [3.8, 4) is 5.75 Å². The molecule has 1 aliphatic carbocycles. The monoisotopic (exact) mass is 248 g/mol. The Bertz CT molecular complexity index is 399. The molecule has 1 aromatic carbocycles.